The second-order valence-electron chi connectivity index (χ2n) is 6.78. The Morgan fingerprint density at radius 1 is 1.31 bits per heavy atom. The lowest BCUT2D eigenvalue weighted by Gasteiger charge is -2.22. The number of benzene rings is 1. The Morgan fingerprint density at radius 3 is 2.65 bits per heavy atom. The Balaban J connectivity index is 2.04. The van der Waals surface area contributed by atoms with Gasteiger partial charge in [0.05, 0.1) is 11.0 Å². The van der Waals surface area contributed by atoms with Gasteiger partial charge in [-0.15, -0.1) is 0 Å². The normalized spacial score (nSPS) is 17.7. The van der Waals surface area contributed by atoms with E-state index in [1.165, 1.54) is 0 Å². The molecule has 1 amide bonds. The number of likely N-dealkylation sites (tertiary alicyclic amines) is 1. The average molecular weight is 357 g/mol. The van der Waals surface area contributed by atoms with Gasteiger partial charge >= 0.3 is 5.97 Å². The fourth-order valence-electron chi connectivity index (χ4n) is 3.52. The van der Waals surface area contributed by atoms with Crippen LogP contribution in [0, 0.1) is 19.3 Å². The van der Waals surface area contributed by atoms with E-state index in [-0.39, 0.29) is 11.2 Å². The van der Waals surface area contributed by atoms with Gasteiger partial charge in [0.15, 0.2) is 11.2 Å². The quantitative estimate of drug-likeness (QED) is 0.729. The molecule has 138 valence electrons. The summed E-state index contributed by atoms with van der Waals surface area (Å²) in [5.74, 6) is -1.56. The molecule has 1 aliphatic heterocycles. The number of nitrogens with zero attached hydrogens (tertiary/aromatic N) is 3. The summed E-state index contributed by atoms with van der Waals surface area (Å²) in [6, 6.07) is 3.33. The minimum atomic E-state index is -0.817. The topological polar surface area (TPSA) is 125 Å². The molecule has 2 aromatic rings. The number of nitrogens with two attached hydrogens (primary N) is 1. The molecule has 4 N–H and O–H groups in total. The van der Waals surface area contributed by atoms with E-state index in [9.17, 15) is 14.7 Å². The van der Waals surface area contributed by atoms with Crippen molar-refractivity contribution in [1.82, 2.24) is 14.5 Å². The third-order valence-electron chi connectivity index (χ3n) is 5.10. The number of aryl methyl sites for hydroxylation is 2. The predicted molar refractivity (Wildman–Crippen MR) is 95.8 cm³/mol. The van der Waals surface area contributed by atoms with Crippen LogP contribution in [0.2, 0.25) is 0 Å². The van der Waals surface area contributed by atoms with Crippen LogP contribution in [0.5, 0.6) is 0 Å². The summed E-state index contributed by atoms with van der Waals surface area (Å²) in [6.07, 6.45) is 1.48. The molecule has 0 radical (unpaired) electrons. The van der Waals surface area contributed by atoms with Gasteiger partial charge in [0, 0.05) is 13.1 Å². The first-order chi connectivity index (χ1) is 12.3. The van der Waals surface area contributed by atoms with Crippen LogP contribution in [0.25, 0.3) is 11.0 Å². The van der Waals surface area contributed by atoms with E-state index in [1.807, 2.05) is 30.9 Å². The molecule has 8 nitrogen and oxygen atoms in total. The summed E-state index contributed by atoms with van der Waals surface area (Å²) in [6.45, 7) is 5.53. The van der Waals surface area contributed by atoms with Crippen molar-refractivity contribution >= 4 is 22.9 Å². The molecule has 0 saturated carbocycles. The lowest BCUT2D eigenvalue weighted by Crippen LogP contribution is -2.40. The predicted octanol–water partition coefficient (Wildman–Crippen LogP) is 0.781. The highest BCUT2D eigenvalue weighted by molar-refractivity contribution is 5.92. The largest absolute Gasteiger partial charge is 0.480 e. The van der Waals surface area contributed by atoms with E-state index in [0.717, 1.165) is 23.1 Å². The van der Waals surface area contributed by atoms with Crippen molar-refractivity contribution in [2.24, 2.45) is 5.73 Å². The molecule has 0 spiro atoms. The van der Waals surface area contributed by atoms with E-state index in [2.05, 4.69) is 4.98 Å². The van der Waals surface area contributed by atoms with Crippen molar-refractivity contribution < 1.29 is 14.7 Å². The molecule has 3 rings (SSSR count). The first kappa shape index (κ1) is 18.1. The number of carboxylic acid groups (broad SMARTS) is 1. The lowest BCUT2D eigenvalue weighted by atomic mass is 10.1. The Kier molecular flexibility index (Phi) is 4.78. The molecule has 1 aromatic carbocycles. The van der Waals surface area contributed by atoms with Crippen molar-refractivity contribution in [3.8, 4) is 0 Å². The van der Waals surface area contributed by atoms with Crippen LogP contribution in [0.1, 0.15) is 34.5 Å². The van der Waals surface area contributed by atoms with Crippen LogP contribution in [-0.2, 0) is 11.3 Å². The molecule has 26 heavy (non-hydrogen) atoms. The molecule has 0 unspecified atom stereocenters. The van der Waals surface area contributed by atoms with Gasteiger partial charge in [0.1, 0.15) is 6.04 Å². The van der Waals surface area contributed by atoms with E-state index >= 15 is 0 Å². The van der Waals surface area contributed by atoms with Crippen molar-refractivity contribution in [2.75, 3.05) is 13.1 Å². The van der Waals surface area contributed by atoms with Crippen molar-refractivity contribution in [3.63, 3.8) is 0 Å². The van der Waals surface area contributed by atoms with Crippen LogP contribution in [0.4, 0.5) is 0 Å². The molecule has 0 bridgehead atoms. The number of aromatic nitrogens is 2. The Bertz CT molecular complexity index is 950. The lowest BCUT2D eigenvalue weighted by molar-refractivity contribution is -0.142. The zero-order valence-electron chi connectivity index (χ0n) is 15.0. The fraction of sp³-hybridized carbons (Fsp3) is 0.444. The number of aliphatic carboxylic acids is 1. The van der Waals surface area contributed by atoms with Crippen LogP contribution in [0.15, 0.2) is 12.1 Å². The Hall–Kier alpha value is -2.74. The van der Waals surface area contributed by atoms with Gasteiger partial charge in [-0.1, -0.05) is 0 Å². The number of amides is 1. The van der Waals surface area contributed by atoms with Crippen LogP contribution in [0.3, 0.4) is 0 Å². The molecule has 2 heterocycles. The number of hydrogen-bond acceptors (Lipinski definition) is 5. The van der Waals surface area contributed by atoms with Crippen molar-refractivity contribution in [3.05, 3.63) is 34.4 Å². The Labute approximate surface area is 150 Å². The van der Waals surface area contributed by atoms with Gasteiger partial charge in [-0.05, 0) is 56.5 Å². The number of hydrogen-bond donors (Lipinski definition) is 3. The molecule has 1 aliphatic rings. The standard InChI is InChI=1S/C18H23N5O3/c1-10-8-12-14(9-11(10)2)23(16(19)15(21-12)17(20)24)7-6-22-5-3-4-13(22)18(25)26/h8-9,13,19H,3-7H2,1-2H3,(H2,20,24)(H,25,26)/t13-/m1/s1. The second kappa shape index (κ2) is 6.87. The fourth-order valence-corrected chi connectivity index (χ4v) is 3.52. The van der Waals surface area contributed by atoms with Gasteiger partial charge in [-0.2, -0.15) is 0 Å². The van der Waals surface area contributed by atoms with Gasteiger partial charge in [-0.3, -0.25) is 19.9 Å². The van der Waals surface area contributed by atoms with E-state index in [1.54, 1.807) is 4.57 Å². The second-order valence-corrected chi connectivity index (χ2v) is 6.78. The third kappa shape index (κ3) is 3.20. The van der Waals surface area contributed by atoms with Crippen molar-refractivity contribution in [1.29, 1.82) is 5.41 Å². The van der Waals surface area contributed by atoms with Crippen LogP contribution in [-0.4, -0.2) is 50.6 Å². The molecule has 1 saturated heterocycles. The molecule has 1 fully saturated rings. The van der Waals surface area contributed by atoms with Crippen molar-refractivity contribution in [2.45, 2.75) is 39.3 Å². The number of fused-ring (bicyclic) bond motifs is 1. The van der Waals surface area contributed by atoms with Gasteiger partial charge in [-0.25, -0.2) is 4.98 Å². The molecule has 1 atom stereocenters. The summed E-state index contributed by atoms with van der Waals surface area (Å²) in [7, 11) is 0. The highest BCUT2D eigenvalue weighted by atomic mass is 16.4. The molecule has 0 aliphatic carbocycles. The van der Waals surface area contributed by atoms with E-state index < -0.39 is 17.9 Å². The zero-order chi connectivity index (χ0) is 19.0. The highest BCUT2D eigenvalue weighted by Gasteiger charge is 2.30. The van der Waals surface area contributed by atoms with E-state index in [0.29, 0.717) is 31.6 Å². The first-order valence-electron chi connectivity index (χ1n) is 8.62. The summed E-state index contributed by atoms with van der Waals surface area (Å²) >= 11 is 0. The monoisotopic (exact) mass is 357 g/mol. The zero-order valence-corrected chi connectivity index (χ0v) is 15.0. The SMILES string of the molecule is Cc1cc2nc(C(N)=O)c(=N)n(CCN3CCC[C@@H]3C(=O)O)c2cc1C. The Morgan fingerprint density at radius 2 is 2.00 bits per heavy atom. The summed E-state index contributed by atoms with van der Waals surface area (Å²) in [5.41, 5.74) is 8.73. The average Bonchev–Trinajstić information content (AvgIpc) is 3.04. The van der Waals surface area contributed by atoms with Crippen LogP contribution < -0.4 is 11.2 Å². The van der Waals surface area contributed by atoms with Gasteiger partial charge < -0.3 is 15.4 Å². The maximum absolute atomic E-state index is 11.7. The summed E-state index contributed by atoms with van der Waals surface area (Å²) < 4.78 is 1.70. The maximum Gasteiger partial charge on any atom is 0.320 e. The molecular weight excluding hydrogens is 334 g/mol. The maximum atomic E-state index is 11.7. The summed E-state index contributed by atoms with van der Waals surface area (Å²) in [5, 5.41) is 17.7. The smallest absolute Gasteiger partial charge is 0.320 e. The van der Waals surface area contributed by atoms with Gasteiger partial charge in [0.2, 0.25) is 0 Å². The molecule has 1 aromatic heterocycles. The van der Waals surface area contributed by atoms with Gasteiger partial charge in [0.25, 0.3) is 5.91 Å². The number of carbonyl (C=O) groups excluding carboxylic acids is 1. The number of carbonyl (C=O) groups is 2. The number of primary amides is 1. The number of nitrogens with one attached hydrogen (secondary N) is 1. The number of carboxylic acids is 1. The summed E-state index contributed by atoms with van der Waals surface area (Å²) in [4.78, 5) is 29.3. The molecule has 8 heteroatoms. The van der Waals surface area contributed by atoms with Crippen LogP contribution >= 0.6 is 0 Å². The number of rotatable bonds is 5. The van der Waals surface area contributed by atoms with E-state index in [4.69, 9.17) is 11.1 Å². The minimum absolute atomic E-state index is 0.0423. The highest BCUT2D eigenvalue weighted by Crippen LogP contribution is 2.19. The minimum Gasteiger partial charge on any atom is -0.480 e. The third-order valence-corrected chi connectivity index (χ3v) is 5.10. The first-order valence-corrected chi connectivity index (χ1v) is 8.62. The molecular formula is C18H23N5O3.